The topological polar surface area (TPSA) is 69.4 Å². The van der Waals surface area contributed by atoms with Gasteiger partial charge in [0, 0.05) is 0 Å². The summed E-state index contributed by atoms with van der Waals surface area (Å²) in [5.41, 5.74) is 0. The second-order valence-corrected chi connectivity index (χ2v) is 4.67. The average Bonchev–Trinajstić information content (AvgIpc) is 2.04. The highest BCUT2D eigenvalue weighted by atomic mass is 32.2. The summed E-state index contributed by atoms with van der Waals surface area (Å²) < 4.78 is 61.2. The molecule has 0 aliphatic heterocycles. The van der Waals surface area contributed by atoms with Gasteiger partial charge in [0.15, 0.2) is 0 Å². The lowest BCUT2D eigenvalue weighted by Crippen LogP contribution is -2.19. The number of hydrogen-bond acceptors (Lipinski definition) is 4. The number of halogens is 3. The summed E-state index contributed by atoms with van der Waals surface area (Å²) in [6.45, 7) is 0. The number of benzene rings is 1. The number of ether oxygens (including phenoxy) is 1. The summed E-state index contributed by atoms with van der Waals surface area (Å²) in [7, 11) is -4.14. The number of rotatable bonds is 2. The fraction of sp³-hybridized carbons (Fsp3) is 0.143. The van der Waals surface area contributed by atoms with Crippen molar-refractivity contribution in [2.75, 3.05) is 0 Å². The van der Waals surface area contributed by atoms with Crippen molar-refractivity contribution in [3.8, 4) is 5.75 Å². The van der Waals surface area contributed by atoms with Crippen LogP contribution in [0.3, 0.4) is 0 Å². The molecule has 0 heterocycles. The lowest BCUT2D eigenvalue weighted by molar-refractivity contribution is -0.275. The maximum Gasteiger partial charge on any atom is 0.573 e. The van der Waals surface area contributed by atoms with E-state index in [-0.39, 0.29) is 0 Å². The molecule has 0 amide bonds. The summed E-state index contributed by atoms with van der Waals surface area (Å²) >= 11 is 3.63. The van der Waals surface area contributed by atoms with Gasteiger partial charge >= 0.3 is 6.36 Å². The molecule has 0 unspecified atom stereocenters. The molecule has 0 aromatic heterocycles. The van der Waals surface area contributed by atoms with Crippen molar-refractivity contribution in [1.82, 2.24) is 0 Å². The molecule has 0 aliphatic rings. The number of thiol groups is 1. The van der Waals surface area contributed by atoms with E-state index in [1.54, 1.807) is 0 Å². The summed E-state index contributed by atoms with van der Waals surface area (Å²) in [6, 6.07) is 3.03. The molecule has 0 spiro atoms. The quantitative estimate of drug-likeness (QED) is 0.803. The van der Waals surface area contributed by atoms with Crippen LogP contribution in [0.5, 0.6) is 5.75 Å². The molecule has 1 aromatic rings. The van der Waals surface area contributed by atoms with Crippen LogP contribution in [-0.2, 0) is 10.0 Å². The first kappa shape index (κ1) is 13.1. The van der Waals surface area contributed by atoms with E-state index in [1.807, 2.05) is 0 Å². The lowest BCUT2D eigenvalue weighted by Gasteiger charge is -2.12. The Balaban J connectivity index is 3.25. The molecular formula is C7H6F3NO3S2. The van der Waals surface area contributed by atoms with Crippen LogP contribution < -0.4 is 9.88 Å². The summed E-state index contributed by atoms with van der Waals surface area (Å²) in [6.07, 6.45) is -4.92. The van der Waals surface area contributed by atoms with Crippen molar-refractivity contribution < 1.29 is 26.3 Å². The monoisotopic (exact) mass is 273 g/mol. The van der Waals surface area contributed by atoms with Gasteiger partial charge in [0.25, 0.3) is 0 Å². The Hall–Kier alpha value is -0.930. The van der Waals surface area contributed by atoms with Gasteiger partial charge in [-0.25, -0.2) is 13.6 Å². The highest BCUT2D eigenvalue weighted by Gasteiger charge is 2.32. The van der Waals surface area contributed by atoms with Gasteiger partial charge in [-0.05, 0) is 12.1 Å². The maximum absolute atomic E-state index is 11.9. The molecule has 0 radical (unpaired) electrons. The van der Waals surface area contributed by atoms with E-state index < -0.39 is 31.9 Å². The zero-order valence-electron chi connectivity index (χ0n) is 7.52. The second kappa shape index (κ2) is 4.15. The third-order valence-corrected chi connectivity index (χ3v) is 3.06. The first-order chi connectivity index (χ1) is 7.11. The average molecular weight is 273 g/mol. The van der Waals surface area contributed by atoms with Gasteiger partial charge in [0.1, 0.15) is 5.75 Å². The standard InChI is InChI=1S/C7H6F3NO3S2/c8-7(9,10)14-4-2-1-3-5(6(4)15)16(11,12)13/h1-3,15H,(H2,11,12,13). The Kier molecular flexibility index (Phi) is 3.41. The molecule has 16 heavy (non-hydrogen) atoms. The molecule has 0 atom stereocenters. The Morgan fingerprint density at radius 1 is 1.31 bits per heavy atom. The fourth-order valence-corrected chi connectivity index (χ4v) is 2.15. The Labute approximate surface area is 94.7 Å². The van der Waals surface area contributed by atoms with Crippen LogP contribution in [0.15, 0.2) is 28.0 Å². The first-order valence-corrected chi connectivity index (χ1v) is 5.71. The molecule has 0 fully saturated rings. The number of alkyl halides is 3. The number of sulfonamides is 1. The van der Waals surface area contributed by atoms with Gasteiger partial charge in [0.05, 0.1) is 9.79 Å². The predicted octanol–water partition coefficient (Wildman–Crippen LogP) is 1.52. The molecule has 9 heteroatoms. The van der Waals surface area contributed by atoms with Crippen LogP contribution in [0.4, 0.5) is 13.2 Å². The van der Waals surface area contributed by atoms with Crippen LogP contribution in [0.2, 0.25) is 0 Å². The number of primary sulfonamides is 1. The summed E-state index contributed by atoms with van der Waals surface area (Å²) in [5.74, 6) is -0.720. The van der Waals surface area contributed by atoms with Gasteiger partial charge in [-0.3, -0.25) is 0 Å². The van der Waals surface area contributed by atoms with Crippen LogP contribution in [0.1, 0.15) is 0 Å². The van der Waals surface area contributed by atoms with Gasteiger partial charge < -0.3 is 4.74 Å². The SMILES string of the molecule is NS(=O)(=O)c1cccc(OC(F)(F)F)c1S. The minimum Gasteiger partial charge on any atom is -0.405 e. The molecule has 0 aliphatic carbocycles. The molecule has 1 aromatic carbocycles. The van der Waals surface area contributed by atoms with Gasteiger partial charge in [0.2, 0.25) is 10.0 Å². The number of nitrogens with two attached hydrogens (primary N) is 1. The third kappa shape index (κ3) is 3.29. The Bertz CT molecular complexity index is 498. The van der Waals surface area contributed by atoms with Crippen LogP contribution in [0.25, 0.3) is 0 Å². The van der Waals surface area contributed by atoms with E-state index in [4.69, 9.17) is 5.14 Å². The van der Waals surface area contributed by atoms with Crippen molar-refractivity contribution in [1.29, 1.82) is 0 Å². The molecule has 90 valence electrons. The zero-order valence-corrected chi connectivity index (χ0v) is 9.23. The van der Waals surface area contributed by atoms with E-state index in [1.165, 1.54) is 0 Å². The van der Waals surface area contributed by atoms with Crippen LogP contribution >= 0.6 is 12.6 Å². The van der Waals surface area contributed by atoms with E-state index in [0.29, 0.717) is 0 Å². The van der Waals surface area contributed by atoms with Crippen molar-refractivity contribution in [2.45, 2.75) is 16.2 Å². The predicted molar refractivity (Wildman–Crippen MR) is 51.8 cm³/mol. The van der Waals surface area contributed by atoms with Crippen molar-refractivity contribution in [3.05, 3.63) is 18.2 Å². The number of hydrogen-bond donors (Lipinski definition) is 2. The van der Waals surface area contributed by atoms with Crippen molar-refractivity contribution in [3.63, 3.8) is 0 Å². The van der Waals surface area contributed by atoms with Crippen molar-refractivity contribution in [2.24, 2.45) is 5.14 Å². The maximum atomic E-state index is 11.9. The van der Waals surface area contributed by atoms with E-state index in [0.717, 1.165) is 18.2 Å². The summed E-state index contributed by atoms with van der Waals surface area (Å²) in [4.78, 5) is -1.01. The minimum absolute atomic E-state index is 0.484. The molecule has 4 nitrogen and oxygen atoms in total. The smallest absolute Gasteiger partial charge is 0.405 e. The highest BCUT2D eigenvalue weighted by Crippen LogP contribution is 2.32. The molecule has 0 saturated heterocycles. The lowest BCUT2D eigenvalue weighted by atomic mass is 10.3. The largest absolute Gasteiger partial charge is 0.573 e. The van der Waals surface area contributed by atoms with Crippen molar-refractivity contribution >= 4 is 22.7 Å². The summed E-state index contributed by atoms with van der Waals surface area (Å²) in [5, 5.41) is 4.78. The van der Waals surface area contributed by atoms with E-state index in [2.05, 4.69) is 17.4 Å². The van der Waals surface area contributed by atoms with Gasteiger partial charge in [-0.15, -0.1) is 25.8 Å². The minimum atomic E-state index is -4.92. The molecule has 0 saturated carbocycles. The van der Waals surface area contributed by atoms with E-state index >= 15 is 0 Å². The molecule has 1 rings (SSSR count). The Morgan fingerprint density at radius 3 is 2.31 bits per heavy atom. The van der Waals surface area contributed by atoms with Crippen LogP contribution in [0, 0.1) is 0 Å². The zero-order chi connectivity index (χ0) is 12.6. The van der Waals surface area contributed by atoms with Gasteiger partial charge in [-0.1, -0.05) is 6.07 Å². The molecule has 0 bridgehead atoms. The van der Waals surface area contributed by atoms with Gasteiger partial charge in [-0.2, -0.15) is 0 Å². The first-order valence-electron chi connectivity index (χ1n) is 3.72. The Morgan fingerprint density at radius 2 is 1.88 bits per heavy atom. The normalized spacial score (nSPS) is 12.6. The highest BCUT2D eigenvalue weighted by molar-refractivity contribution is 7.90. The van der Waals surface area contributed by atoms with Crippen LogP contribution in [-0.4, -0.2) is 14.8 Å². The second-order valence-electron chi connectivity index (χ2n) is 2.70. The third-order valence-electron chi connectivity index (χ3n) is 1.49. The fourth-order valence-electron chi connectivity index (χ4n) is 0.939. The van der Waals surface area contributed by atoms with E-state index in [9.17, 15) is 21.6 Å². The molecular weight excluding hydrogens is 267 g/mol. The molecule has 2 N–H and O–H groups in total.